The summed E-state index contributed by atoms with van der Waals surface area (Å²) in [6.45, 7) is 9.11. The summed E-state index contributed by atoms with van der Waals surface area (Å²) < 4.78 is 0. The molecule has 0 N–H and O–H groups in total. The molecular formula is C7H11NS2. The average molecular weight is 173 g/mol. The Morgan fingerprint density at radius 1 is 1.70 bits per heavy atom. The van der Waals surface area contributed by atoms with E-state index in [-0.39, 0.29) is 0 Å². The number of hydrogen-bond donors (Lipinski definition) is 0. The predicted molar refractivity (Wildman–Crippen MR) is 53.6 cm³/mol. The van der Waals surface area contributed by atoms with Crippen molar-refractivity contribution in [3.8, 4) is 0 Å². The van der Waals surface area contributed by atoms with E-state index >= 15 is 0 Å². The van der Waals surface area contributed by atoms with Crippen LogP contribution in [0.1, 0.15) is 6.92 Å². The summed E-state index contributed by atoms with van der Waals surface area (Å²) in [5.74, 6) is 1.08. The third kappa shape index (κ3) is 4.70. The fraction of sp³-hybridized carbons (Fsp3) is 0.286. The van der Waals surface area contributed by atoms with E-state index in [1.807, 2.05) is 6.08 Å². The Morgan fingerprint density at radius 2 is 2.40 bits per heavy atom. The number of hydrogen-bond acceptors (Lipinski definition) is 3. The second-order valence-electron chi connectivity index (χ2n) is 1.39. The standard InChI is InChI=1S/C7H11NS2/c1-4-6-7(8-3)10-9-5-2/h4,6H,1,3,5H2,2H3/b7-6+. The van der Waals surface area contributed by atoms with Crippen molar-refractivity contribution in [2.75, 3.05) is 5.75 Å². The molecule has 0 aromatic heterocycles. The minimum absolute atomic E-state index is 0.918. The van der Waals surface area contributed by atoms with E-state index in [0.717, 1.165) is 10.8 Å². The lowest BCUT2D eigenvalue weighted by Gasteiger charge is -1.94. The van der Waals surface area contributed by atoms with Gasteiger partial charge in [0.1, 0.15) is 5.03 Å². The largest absolute Gasteiger partial charge is 0.257 e. The van der Waals surface area contributed by atoms with Gasteiger partial charge < -0.3 is 0 Å². The number of nitrogens with zero attached hydrogens (tertiary/aromatic N) is 1. The van der Waals surface area contributed by atoms with Gasteiger partial charge in [-0.1, -0.05) is 30.4 Å². The average Bonchev–Trinajstić information content (AvgIpc) is 1.98. The number of rotatable bonds is 5. The summed E-state index contributed by atoms with van der Waals surface area (Å²) in [6, 6.07) is 0. The molecule has 0 spiro atoms. The summed E-state index contributed by atoms with van der Waals surface area (Å²) in [5.41, 5.74) is 0. The molecule has 10 heavy (non-hydrogen) atoms. The fourth-order valence-electron chi connectivity index (χ4n) is 0.327. The van der Waals surface area contributed by atoms with Crippen LogP contribution in [0.5, 0.6) is 0 Å². The van der Waals surface area contributed by atoms with Crippen molar-refractivity contribution in [3.05, 3.63) is 23.8 Å². The molecule has 0 saturated carbocycles. The number of allylic oxidation sites excluding steroid dienone is 2. The van der Waals surface area contributed by atoms with E-state index in [0.29, 0.717) is 0 Å². The van der Waals surface area contributed by atoms with Gasteiger partial charge >= 0.3 is 0 Å². The highest BCUT2D eigenvalue weighted by Crippen LogP contribution is 2.29. The highest BCUT2D eigenvalue weighted by molar-refractivity contribution is 8.78. The topological polar surface area (TPSA) is 12.4 Å². The Kier molecular flexibility index (Phi) is 6.86. The van der Waals surface area contributed by atoms with E-state index in [1.54, 1.807) is 27.7 Å². The monoisotopic (exact) mass is 173 g/mol. The molecule has 0 aromatic carbocycles. The summed E-state index contributed by atoms with van der Waals surface area (Å²) >= 11 is 0. The number of aliphatic imine (C=N–C) groups is 1. The maximum atomic E-state index is 3.80. The molecule has 0 aliphatic heterocycles. The maximum Gasteiger partial charge on any atom is 0.106 e. The highest BCUT2D eigenvalue weighted by atomic mass is 33.1. The molecule has 0 heterocycles. The minimum atomic E-state index is 0.918. The zero-order valence-electron chi connectivity index (χ0n) is 6.04. The molecule has 0 unspecified atom stereocenters. The molecule has 1 nitrogen and oxygen atoms in total. The van der Waals surface area contributed by atoms with Gasteiger partial charge in [-0.25, -0.2) is 0 Å². The van der Waals surface area contributed by atoms with Gasteiger partial charge in [-0.15, -0.1) is 0 Å². The Hall–Kier alpha value is -0.150. The van der Waals surface area contributed by atoms with Gasteiger partial charge in [0.2, 0.25) is 0 Å². The van der Waals surface area contributed by atoms with E-state index < -0.39 is 0 Å². The molecule has 0 saturated heterocycles. The Morgan fingerprint density at radius 3 is 2.80 bits per heavy atom. The first-order valence-electron chi connectivity index (χ1n) is 2.94. The molecule has 0 aliphatic carbocycles. The van der Waals surface area contributed by atoms with E-state index in [2.05, 4.69) is 25.2 Å². The Balaban J connectivity index is 3.70. The predicted octanol–water partition coefficient (Wildman–Crippen LogP) is 3.12. The fourth-order valence-corrected chi connectivity index (χ4v) is 1.81. The maximum absolute atomic E-state index is 3.80. The van der Waals surface area contributed by atoms with E-state index in [9.17, 15) is 0 Å². The smallest absolute Gasteiger partial charge is 0.106 e. The quantitative estimate of drug-likeness (QED) is 0.360. The van der Waals surface area contributed by atoms with Crippen molar-refractivity contribution in [3.63, 3.8) is 0 Å². The van der Waals surface area contributed by atoms with Crippen LogP contribution >= 0.6 is 21.6 Å². The van der Waals surface area contributed by atoms with Gasteiger partial charge in [0.25, 0.3) is 0 Å². The molecule has 0 rings (SSSR count). The zero-order chi connectivity index (χ0) is 7.82. The molecule has 0 bridgehead atoms. The van der Waals surface area contributed by atoms with Crippen molar-refractivity contribution >= 4 is 28.3 Å². The summed E-state index contributed by atoms with van der Waals surface area (Å²) in [6.07, 6.45) is 3.56. The Bertz CT molecular complexity index is 141. The van der Waals surface area contributed by atoms with Gasteiger partial charge in [0.15, 0.2) is 0 Å². The minimum Gasteiger partial charge on any atom is -0.257 e. The van der Waals surface area contributed by atoms with Gasteiger partial charge in [-0.05, 0) is 23.6 Å². The molecule has 0 aliphatic rings. The molecule has 0 fully saturated rings. The first kappa shape index (κ1) is 9.85. The van der Waals surface area contributed by atoms with E-state index in [1.165, 1.54) is 0 Å². The third-order valence-corrected chi connectivity index (χ3v) is 3.04. The molecule has 0 radical (unpaired) electrons. The lowest BCUT2D eigenvalue weighted by Crippen LogP contribution is -1.65. The highest BCUT2D eigenvalue weighted by Gasteiger charge is 1.90. The SMILES string of the molecule is C=C/C=C(\N=C)SSCC. The van der Waals surface area contributed by atoms with E-state index in [4.69, 9.17) is 0 Å². The van der Waals surface area contributed by atoms with Crippen LogP contribution in [-0.4, -0.2) is 12.5 Å². The first-order chi connectivity index (χ1) is 4.85. The second-order valence-corrected chi connectivity index (χ2v) is 3.99. The molecular weight excluding hydrogens is 162 g/mol. The molecule has 0 amide bonds. The van der Waals surface area contributed by atoms with Gasteiger partial charge in [-0.2, -0.15) is 0 Å². The van der Waals surface area contributed by atoms with Gasteiger partial charge in [-0.3, -0.25) is 4.99 Å². The normalized spacial score (nSPS) is 11.1. The summed E-state index contributed by atoms with van der Waals surface area (Å²) in [7, 11) is 3.37. The lowest BCUT2D eigenvalue weighted by atomic mass is 10.6. The van der Waals surface area contributed by atoms with Crippen molar-refractivity contribution in [2.45, 2.75) is 6.92 Å². The van der Waals surface area contributed by atoms with Crippen LogP contribution in [0.4, 0.5) is 0 Å². The van der Waals surface area contributed by atoms with Crippen LogP contribution in [0.2, 0.25) is 0 Å². The van der Waals surface area contributed by atoms with Crippen LogP contribution in [0.3, 0.4) is 0 Å². The van der Waals surface area contributed by atoms with Crippen LogP contribution in [-0.2, 0) is 0 Å². The van der Waals surface area contributed by atoms with Crippen LogP contribution in [0.25, 0.3) is 0 Å². The first-order valence-corrected chi connectivity index (χ1v) is 5.26. The molecule has 0 aromatic rings. The van der Waals surface area contributed by atoms with Crippen molar-refractivity contribution in [1.82, 2.24) is 0 Å². The second kappa shape index (κ2) is 6.96. The van der Waals surface area contributed by atoms with Gasteiger partial charge in [0.05, 0.1) is 0 Å². The zero-order valence-corrected chi connectivity index (χ0v) is 7.67. The van der Waals surface area contributed by atoms with Crippen molar-refractivity contribution < 1.29 is 0 Å². The summed E-state index contributed by atoms with van der Waals surface area (Å²) in [5, 5.41) is 0.918. The van der Waals surface area contributed by atoms with Crippen LogP contribution < -0.4 is 0 Å². The van der Waals surface area contributed by atoms with Gasteiger partial charge in [0, 0.05) is 5.75 Å². The Labute approximate surface area is 70.1 Å². The lowest BCUT2D eigenvalue weighted by molar-refractivity contribution is 1.54. The van der Waals surface area contributed by atoms with Crippen molar-refractivity contribution in [1.29, 1.82) is 0 Å². The molecule has 0 atom stereocenters. The van der Waals surface area contributed by atoms with Crippen LogP contribution in [0, 0.1) is 0 Å². The summed E-state index contributed by atoms with van der Waals surface area (Å²) in [4.78, 5) is 3.80. The molecule has 3 heteroatoms. The third-order valence-electron chi connectivity index (χ3n) is 0.678. The molecule has 56 valence electrons. The van der Waals surface area contributed by atoms with Crippen LogP contribution in [0.15, 0.2) is 28.8 Å². The van der Waals surface area contributed by atoms with Crippen molar-refractivity contribution in [2.24, 2.45) is 4.99 Å².